The Kier molecular flexibility index (Phi) is 7.09. The van der Waals surface area contributed by atoms with Crippen LogP contribution in [0.15, 0.2) is 72.9 Å². The van der Waals surface area contributed by atoms with E-state index in [4.69, 9.17) is 9.47 Å². The smallest absolute Gasteiger partial charge is 0.224 e. The van der Waals surface area contributed by atoms with E-state index in [2.05, 4.69) is 48.4 Å². The van der Waals surface area contributed by atoms with Crippen LogP contribution in [0.25, 0.3) is 10.9 Å². The molecule has 0 radical (unpaired) electrons. The summed E-state index contributed by atoms with van der Waals surface area (Å²) in [6.45, 7) is 5.19. The molecular weight excluding hydrogens is 438 g/mol. The molecule has 3 aromatic carbocycles. The molecule has 6 nitrogen and oxygen atoms in total. The summed E-state index contributed by atoms with van der Waals surface area (Å²) < 4.78 is 13.8. The molecule has 5 rings (SSSR count). The number of aromatic nitrogens is 2. The number of para-hydroxylation sites is 1. The van der Waals surface area contributed by atoms with E-state index in [9.17, 15) is 4.79 Å². The maximum absolute atomic E-state index is 13.3. The zero-order chi connectivity index (χ0) is 24.0. The number of ether oxygens (including phenoxy) is 2. The molecule has 0 unspecified atom stereocenters. The summed E-state index contributed by atoms with van der Waals surface area (Å²) in [7, 11) is 0. The summed E-state index contributed by atoms with van der Waals surface area (Å²) in [6.07, 6.45) is 3.02. The highest BCUT2D eigenvalue weighted by Crippen LogP contribution is 2.24. The van der Waals surface area contributed by atoms with Gasteiger partial charge < -0.3 is 14.4 Å². The second-order valence-electron chi connectivity index (χ2n) is 9.06. The van der Waals surface area contributed by atoms with Gasteiger partial charge in [0.25, 0.3) is 0 Å². The maximum atomic E-state index is 13.3. The van der Waals surface area contributed by atoms with Crippen LogP contribution < -0.4 is 4.74 Å². The summed E-state index contributed by atoms with van der Waals surface area (Å²) in [5.41, 5.74) is 5.75. The van der Waals surface area contributed by atoms with E-state index < -0.39 is 0 Å². The fourth-order valence-corrected chi connectivity index (χ4v) is 4.61. The number of hydrogen-bond acceptors (Lipinski definition) is 4. The number of rotatable bonds is 3. The van der Waals surface area contributed by atoms with Crippen molar-refractivity contribution in [3.05, 3.63) is 95.2 Å². The van der Waals surface area contributed by atoms with Gasteiger partial charge in [0.2, 0.25) is 5.91 Å². The largest absolute Gasteiger partial charge is 0.491 e. The van der Waals surface area contributed by atoms with Crippen molar-refractivity contribution >= 4 is 16.8 Å². The van der Waals surface area contributed by atoms with Crippen molar-refractivity contribution in [3.8, 4) is 5.75 Å². The van der Waals surface area contributed by atoms with Gasteiger partial charge in [-0.25, -0.2) is 0 Å². The van der Waals surface area contributed by atoms with Crippen molar-refractivity contribution < 1.29 is 14.3 Å². The lowest BCUT2D eigenvalue weighted by molar-refractivity contribution is -0.133. The molecule has 1 amide bonds. The number of nitrogens with zero attached hydrogens (tertiary/aromatic N) is 3. The average Bonchev–Trinajstić information content (AvgIpc) is 3.28. The number of fused-ring (bicyclic) bond motifs is 4. The van der Waals surface area contributed by atoms with Gasteiger partial charge in [-0.3, -0.25) is 9.48 Å². The van der Waals surface area contributed by atoms with Crippen LogP contribution in [0.2, 0.25) is 0 Å². The number of hydrogen-bond donors (Lipinski definition) is 0. The Morgan fingerprint density at radius 3 is 2.80 bits per heavy atom. The second kappa shape index (κ2) is 10.7. The number of aryl methyl sites for hydroxylation is 2. The summed E-state index contributed by atoms with van der Waals surface area (Å²) in [5.74, 6) is 1.01. The monoisotopic (exact) mass is 469 g/mol. The highest BCUT2D eigenvalue weighted by molar-refractivity contribution is 5.79. The molecule has 0 fully saturated rings. The minimum absolute atomic E-state index is 0.0999. The van der Waals surface area contributed by atoms with E-state index in [0.717, 1.165) is 28.6 Å². The predicted octanol–water partition coefficient (Wildman–Crippen LogP) is 4.76. The molecule has 0 atom stereocenters. The molecule has 0 aliphatic carbocycles. The molecule has 0 N–H and O–H groups in total. The minimum Gasteiger partial charge on any atom is -0.491 e. The van der Waals surface area contributed by atoms with Crippen molar-refractivity contribution in [1.29, 1.82) is 0 Å². The van der Waals surface area contributed by atoms with E-state index in [1.54, 1.807) is 0 Å². The van der Waals surface area contributed by atoms with Crippen molar-refractivity contribution in [2.45, 2.75) is 32.9 Å². The van der Waals surface area contributed by atoms with Crippen molar-refractivity contribution in [2.24, 2.45) is 0 Å². The SMILES string of the molecule is Cc1ccc2c(c1)Cc1cccc(c1)CN(C(=O)CCn1ncc3ccccc31)CCOCCO2. The number of amides is 1. The maximum Gasteiger partial charge on any atom is 0.224 e. The zero-order valence-electron chi connectivity index (χ0n) is 20.2. The third kappa shape index (κ3) is 5.72. The van der Waals surface area contributed by atoms with Crippen molar-refractivity contribution in [1.82, 2.24) is 14.7 Å². The quantitative estimate of drug-likeness (QED) is 0.434. The standard InChI is InChI=1S/C29H31N3O3/c1-22-9-10-28-26(17-22)19-23-5-4-6-24(18-23)21-31(13-14-34-15-16-35-28)29(33)11-12-32-27-8-3-2-7-25(27)20-30-32/h2-10,17-18,20H,11-16,19,21H2,1H3. The van der Waals surface area contributed by atoms with Crippen LogP contribution in [0, 0.1) is 6.92 Å². The van der Waals surface area contributed by atoms with E-state index in [1.807, 2.05) is 46.1 Å². The Morgan fingerprint density at radius 1 is 0.971 bits per heavy atom. The molecule has 35 heavy (non-hydrogen) atoms. The van der Waals surface area contributed by atoms with Gasteiger partial charge in [0, 0.05) is 31.3 Å². The first-order valence-corrected chi connectivity index (χ1v) is 12.2. The molecule has 1 aliphatic rings. The van der Waals surface area contributed by atoms with E-state index >= 15 is 0 Å². The van der Waals surface area contributed by atoms with Gasteiger partial charge >= 0.3 is 0 Å². The summed E-state index contributed by atoms with van der Waals surface area (Å²) in [4.78, 5) is 15.2. The first-order chi connectivity index (χ1) is 17.2. The van der Waals surface area contributed by atoms with Crippen LogP contribution in [-0.2, 0) is 29.0 Å². The van der Waals surface area contributed by atoms with Crippen LogP contribution in [0.4, 0.5) is 0 Å². The van der Waals surface area contributed by atoms with Gasteiger partial charge in [0.1, 0.15) is 12.4 Å². The average molecular weight is 470 g/mol. The van der Waals surface area contributed by atoms with Crippen LogP contribution >= 0.6 is 0 Å². The Morgan fingerprint density at radius 2 is 1.86 bits per heavy atom. The fourth-order valence-electron chi connectivity index (χ4n) is 4.61. The van der Waals surface area contributed by atoms with Crippen LogP contribution in [-0.4, -0.2) is 47.0 Å². The van der Waals surface area contributed by atoms with Gasteiger partial charge in [-0.15, -0.1) is 0 Å². The van der Waals surface area contributed by atoms with E-state index in [-0.39, 0.29) is 5.91 Å². The molecule has 0 saturated carbocycles. The van der Waals surface area contributed by atoms with Crippen LogP contribution in [0.5, 0.6) is 5.75 Å². The highest BCUT2D eigenvalue weighted by atomic mass is 16.5. The second-order valence-corrected chi connectivity index (χ2v) is 9.06. The molecule has 4 aromatic rings. The Hall–Kier alpha value is -3.64. The molecule has 1 aromatic heterocycles. The molecule has 2 bridgehead atoms. The predicted molar refractivity (Wildman–Crippen MR) is 137 cm³/mol. The lowest BCUT2D eigenvalue weighted by Gasteiger charge is -2.24. The molecule has 0 saturated heterocycles. The highest BCUT2D eigenvalue weighted by Gasteiger charge is 2.16. The lowest BCUT2D eigenvalue weighted by atomic mass is 10.00. The normalized spacial score (nSPS) is 14.7. The topological polar surface area (TPSA) is 56.6 Å². The molecule has 6 heteroatoms. The van der Waals surface area contributed by atoms with Crippen LogP contribution in [0.1, 0.15) is 28.7 Å². The Balaban J connectivity index is 1.33. The number of carbonyl (C=O) groups excluding carboxylic acids is 1. The minimum atomic E-state index is 0.0999. The van der Waals surface area contributed by atoms with E-state index in [1.165, 1.54) is 16.7 Å². The number of benzene rings is 3. The van der Waals surface area contributed by atoms with Crippen LogP contribution in [0.3, 0.4) is 0 Å². The zero-order valence-corrected chi connectivity index (χ0v) is 20.2. The van der Waals surface area contributed by atoms with E-state index in [0.29, 0.717) is 45.9 Å². The Labute approximate surface area is 206 Å². The third-order valence-corrected chi connectivity index (χ3v) is 6.41. The van der Waals surface area contributed by atoms with Crippen molar-refractivity contribution in [3.63, 3.8) is 0 Å². The lowest BCUT2D eigenvalue weighted by Crippen LogP contribution is -2.34. The molecule has 1 aliphatic heterocycles. The molecule has 2 heterocycles. The third-order valence-electron chi connectivity index (χ3n) is 6.41. The molecule has 0 spiro atoms. The van der Waals surface area contributed by atoms with Crippen molar-refractivity contribution in [2.75, 3.05) is 26.4 Å². The van der Waals surface area contributed by atoms with Gasteiger partial charge in [-0.2, -0.15) is 5.10 Å². The van der Waals surface area contributed by atoms with Gasteiger partial charge in [-0.05, 0) is 35.7 Å². The summed E-state index contributed by atoms with van der Waals surface area (Å²) in [6, 6.07) is 22.9. The summed E-state index contributed by atoms with van der Waals surface area (Å²) in [5, 5.41) is 5.55. The van der Waals surface area contributed by atoms with Gasteiger partial charge in [0.05, 0.1) is 31.5 Å². The van der Waals surface area contributed by atoms with Gasteiger partial charge in [-0.1, -0.05) is 60.2 Å². The van der Waals surface area contributed by atoms with Gasteiger partial charge in [0.15, 0.2) is 0 Å². The number of carbonyl (C=O) groups is 1. The summed E-state index contributed by atoms with van der Waals surface area (Å²) >= 11 is 0. The first kappa shape index (κ1) is 23.1. The molecular formula is C29H31N3O3. The Bertz CT molecular complexity index is 1310. The molecule has 180 valence electrons. The fraction of sp³-hybridized carbons (Fsp3) is 0.310. The first-order valence-electron chi connectivity index (χ1n) is 12.2.